The average molecular weight is 487 g/mol. The molecule has 1 aliphatic heterocycles. The number of nitrogens with one attached hydrogen (secondary N) is 2. The third kappa shape index (κ3) is 4.04. The van der Waals surface area contributed by atoms with Gasteiger partial charge in [-0.05, 0) is 51.7 Å². The van der Waals surface area contributed by atoms with Crippen molar-refractivity contribution in [1.82, 2.24) is 14.9 Å². The van der Waals surface area contributed by atoms with E-state index in [0.29, 0.717) is 12.1 Å². The van der Waals surface area contributed by atoms with Gasteiger partial charge in [0.15, 0.2) is 5.82 Å². The number of carbonyl (C=O) groups excluding carboxylic acids is 1. The van der Waals surface area contributed by atoms with Crippen molar-refractivity contribution in [3.63, 3.8) is 0 Å². The fraction of sp³-hybridized carbons (Fsp3) is 0.480. The standard InChI is InChI=1S/C25H28F2N4O4/c1-12-10-30(11-16(12)29-24(34)35-25(2,3)4)21-15(26)9-14-20(19(21)27)31(13-5-6-13)17-7-8-28-23(33)18(17)22(14)32/h7-9,12-13,16H,5-6,10-11H2,1-4H3,(H,28,33)(H,29,34)/t12-,16-/m1/s1. The lowest BCUT2D eigenvalue weighted by atomic mass is 10.1. The quantitative estimate of drug-likeness (QED) is 0.549. The third-order valence-corrected chi connectivity index (χ3v) is 6.62. The lowest BCUT2D eigenvalue weighted by molar-refractivity contribution is 0.0499. The minimum Gasteiger partial charge on any atom is -0.444 e. The number of anilines is 1. The van der Waals surface area contributed by atoms with E-state index in [1.807, 2.05) is 6.92 Å². The second-order valence-corrected chi connectivity index (χ2v) is 10.5. The Kier molecular flexibility index (Phi) is 5.37. The molecule has 1 saturated carbocycles. The number of ether oxygens (including phenoxy) is 1. The smallest absolute Gasteiger partial charge is 0.407 e. The fourth-order valence-electron chi connectivity index (χ4n) is 4.95. The van der Waals surface area contributed by atoms with Crippen molar-refractivity contribution < 1.29 is 18.3 Å². The normalized spacial score (nSPS) is 20.6. The number of benzene rings is 1. The number of halogens is 2. The molecule has 3 aromatic rings. The maximum absolute atomic E-state index is 16.1. The van der Waals surface area contributed by atoms with Crippen LogP contribution in [0.4, 0.5) is 19.3 Å². The molecule has 1 amide bonds. The topological polar surface area (TPSA) is 96.4 Å². The van der Waals surface area contributed by atoms with E-state index in [9.17, 15) is 14.4 Å². The van der Waals surface area contributed by atoms with Gasteiger partial charge in [-0.1, -0.05) is 6.92 Å². The highest BCUT2D eigenvalue weighted by Gasteiger charge is 2.37. The minimum atomic E-state index is -0.883. The Morgan fingerprint density at radius 2 is 1.91 bits per heavy atom. The van der Waals surface area contributed by atoms with Crippen molar-refractivity contribution in [2.75, 3.05) is 18.0 Å². The molecule has 1 aliphatic carbocycles. The third-order valence-electron chi connectivity index (χ3n) is 6.62. The predicted molar refractivity (Wildman–Crippen MR) is 129 cm³/mol. The molecule has 0 spiro atoms. The lowest BCUT2D eigenvalue weighted by Gasteiger charge is -2.24. The molecule has 2 fully saturated rings. The number of hydrogen-bond donors (Lipinski definition) is 2. The van der Waals surface area contributed by atoms with Crippen LogP contribution in [-0.4, -0.2) is 40.4 Å². The van der Waals surface area contributed by atoms with Gasteiger partial charge in [0.2, 0.25) is 5.43 Å². The van der Waals surface area contributed by atoms with E-state index in [1.54, 1.807) is 36.3 Å². The van der Waals surface area contributed by atoms with E-state index in [2.05, 4.69) is 10.3 Å². The molecular formula is C25H28F2N4O4. The number of H-pyrrole nitrogens is 1. The van der Waals surface area contributed by atoms with Gasteiger partial charge in [-0.25, -0.2) is 13.6 Å². The molecule has 1 aromatic carbocycles. The van der Waals surface area contributed by atoms with Crippen molar-refractivity contribution in [3.8, 4) is 0 Å². The van der Waals surface area contributed by atoms with Crippen molar-refractivity contribution in [2.24, 2.45) is 5.92 Å². The first-order chi connectivity index (χ1) is 16.5. The Hall–Kier alpha value is -3.43. The fourth-order valence-corrected chi connectivity index (χ4v) is 4.95. The molecule has 2 aliphatic rings. The van der Waals surface area contributed by atoms with E-state index in [4.69, 9.17) is 4.74 Å². The van der Waals surface area contributed by atoms with E-state index in [1.165, 1.54) is 6.20 Å². The first kappa shape index (κ1) is 23.3. The van der Waals surface area contributed by atoms with Crippen molar-refractivity contribution >= 4 is 33.6 Å². The number of alkyl carbamates (subject to hydrolysis) is 1. The summed E-state index contributed by atoms with van der Waals surface area (Å²) in [6.45, 7) is 7.65. The monoisotopic (exact) mass is 486 g/mol. The molecule has 10 heteroatoms. The molecule has 1 saturated heterocycles. The summed E-state index contributed by atoms with van der Waals surface area (Å²) in [7, 11) is 0. The van der Waals surface area contributed by atoms with Gasteiger partial charge in [0, 0.05) is 25.3 Å². The Labute approximate surface area is 199 Å². The van der Waals surface area contributed by atoms with Gasteiger partial charge in [-0.15, -0.1) is 0 Å². The number of rotatable bonds is 3. The van der Waals surface area contributed by atoms with Crippen LogP contribution in [0.15, 0.2) is 27.9 Å². The molecule has 35 heavy (non-hydrogen) atoms. The number of hydrogen-bond acceptors (Lipinski definition) is 5. The summed E-state index contributed by atoms with van der Waals surface area (Å²) in [4.78, 5) is 41.9. The van der Waals surface area contributed by atoms with Crippen molar-refractivity contribution in [1.29, 1.82) is 0 Å². The molecule has 8 nitrogen and oxygen atoms in total. The Morgan fingerprint density at radius 3 is 2.57 bits per heavy atom. The van der Waals surface area contributed by atoms with Gasteiger partial charge in [-0.3, -0.25) is 9.59 Å². The van der Waals surface area contributed by atoms with Crippen LogP contribution in [0.25, 0.3) is 21.8 Å². The zero-order valence-corrected chi connectivity index (χ0v) is 20.1. The average Bonchev–Trinajstić information content (AvgIpc) is 3.52. The molecule has 2 atom stereocenters. The summed E-state index contributed by atoms with van der Waals surface area (Å²) >= 11 is 0. The van der Waals surface area contributed by atoms with E-state index < -0.39 is 34.3 Å². The Bertz CT molecular complexity index is 1470. The first-order valence-corrected chi connectivity index (χ1v) is 11.8. The first-order valence-electron chi connectivity index (χ1n) is 11.8. The number of amides is 1. The van der Waals surface area contributed by atoms with Crippen LogP contribution < -0.4 is 21.2 Å². The Morgan fingerprint density at radius 1 is 1.20 bits per heavy atom. The van der Waals surface area contributed by atoms with Crippen LogP contribution in [0.1, 0.15) is 46.6 Å². The van der Waals surface area contributed by atoms with Gasteiger partial charge >= 0.3 is 6.09 Å². The number of fused-ring (bicyclic) bond motifs is 2. The van der Waals surface area contributed by atoms with Gasteiger partial charge in [0.25, 0.3) is 5.56 Å². The van der Waals surface area contributed by atoms with Gasteiger partial charge in [0.1, 0.15) is 22.5 Å². The van der Waals surface area contributed by atoms with E-state index in [-0.39, 0.29) is 46.5 Å². The highest BCUT2D eigenvalue weighted by molar-refractivity contribution is 5.95. The highest BCUT2D eigenvalue weighted by atomic mass is 19.1. The highest BCUT2D eigenvalue weighted by Crippen LogP contribution is 2.42. The second-order valence-electron chi connectivity index (χ2n) is 10.5. The summed E-state index contributed by atoms with van der Waals surface area (Å²) in [6, 6.07) is 2.16. The van der Waals surface area contributed by atoms with Crippen LogP contribution in [-0.2, 0) is 4.74 Å². The molecular weight excluding hydrogens is 458 g/mol. The molecule has 186 valence electrons. The summed E-state index contributed by atoms with van der Waals surface area (Å²) in [5.41, 5.74) is -1.85. The SMILES string of the molecule is C[C@@H]1CN(c2c(F)cc3c(=O)c4c(=O)[nH]ccc4n(C4CC4)c3c2F)C[C@H]1NC(=O)OC(C)(C)C. The van der Waals surface area contributed by atoms with Crippen LogP contribution in [0, 0.1) is 17.6 Å². The minimum absolute atomic E-state index is 0.00297. The number of aromatic nitrogens is 2. The number of aromatic amines is 1. The zero-order valence-electron chi connectivity index (χ0n) is 20.1. The summed E-state index contributed by atoms with van der Waals surface area (Å²) < 4.78 is 38.5. The molecule has 0 unspecified atom stereocenters. The van der Waals surface area contributed by atoms with E-state index >= 15 is 8.78 Å². The number of pyridine rings is 2. The number of carbonyl (C=O) groups is 1. The van der Waals surface area contributed by atoms with Crippen molar-refractivity contribution in [3.05, 3.63) is 50.5 Å². The van der Waals surface area contributed by atoms with E-state index in [0.717, 1.165) is 18.9 Å². The largest absolute Gasteiger partial charge is 0.444 e. The maximum atomic E-state index is 16.1. The lowest BCUT2D eigenvalue weighted by Crippen LogP contribution is -2.42. The molecule has 2 N–H and O–H groups in total. The van der Waals surface area contributed by atoms with Crippen LogP contribution in [0.5, 0.6) is 0 Å². The van der Waals surface area contributed by atoms with Gasteiger partial charge in [-0.2, -0.15) is 0 Å². The van der Waals surface area contributed by atoms with Crippen LogP contribution >= 0.6 is 0 Å². The van der Waals surface area contributed by atoms with Gasteiger partial charge in [0.05, 0.1) is 22.5 Å². The maximum Gasteiger partial charge on any atom is 0.407 e. The second kappa shape index (κ2) is 8.07. The van der Waals surface area contributed by atoms with Gasteiger partial charge < -0.3 is 24.5 Å². The predicted octanol–water partition coefficient (Wildman–Crippen LogP) is 3.81. The molecule has 3 heterocycles. The van der Waals surface area contributed by atoms with Crippen LogP contribution in [0.3, 0.4) is 0 Å². The molecule has 5 rings (SSSR count). The zero-order chi connectivity index (χ0) is 25.2. The summed E-state index contributed by atoms with van der Waals surface area (Å²) in [6.07, 6.45) is 2.38. The Balaban J connectivity index is 1.61. The molecule has 0 radical (unpaired) electrons. The van der Waals surface area contributed by atoms with Crippen LogP contribution in [0.2, 0.25) is 0 Å². The summed E-state index contributed by atoms with van der Waals surface area (Å²) in [5, 5.41) is 2.54. The van der Waals surface area contributed by atoms with Crippen molar-refractivity contribution in [2.45, 2.75) is 58.2 Å². The molecule has 2 aromatic heterocycles. The molecule has 0 bridgehead atoms. The summed E-state index contributed by atoms with van der Waals surface area (Å²) in [5.74, 6) is -1.82. The number of nitrogens with zero attached hydrogens (tertiary/aromatic N) is 2.